The van der Waals surface area contributed by atoms with Crippen molar-refractivity contribution in [2.24, 2.45) is 0 Å². The highest BCUT2D eigenvalue weighted by Gasteiger charge is 2.25. The van der Waals surface area contributed by atoms with Gasteiger partial charge in [-0.15, -0.1) is 0 Å². The predicted molar refractivity (Wildman–Crippen MR) is 116 cm³/mol. The number of hydrogen-bond acceptors (Lipinski definition) is 5. The fourth-order valence-corrected chi connectivity index (χ4v) is 4.24. The Morgan fingerprint density at radius 3 is 2.86 bits per heavy atom. The van der Waals surface area contributed by atoms with Crippen molar-refractivity contribution in [1.29, 1.82) is 0 Å². The quantitative estimate of drug-likeness (QED) is 0.670. The summed E-state index contributed by atoms with van der Waals surface area (Å²) in [5.41, 5.74) is 1.35. The van der Waals surface area contributed by atoms with Crippen LogP contribution in [0.25, 0.3) is 4.91 Å². The Kier molecular flexibility index (Phi) is 6.52. The van der Waals surface area contributed by atoms with Crippen LogP contribution in [0.5, 0.6) is 0 Å². The van der Waals surface area contributed by atoms with Crippen molar-refractivity contribution >= 4 is 28.6 Å². The number of allylic oxidation sites excluding steroid dienone is 1. The van der Waals surface area contributed by atoms with E-state index in [1.54, 1.807) is 18.0 Å². The van der Waals surface area contributed by atoms with Crippen LogP contribution in [0.15, 0.2) is 58.9 Å². The van der Waals surface area contributed by atoms with Crippen molar-refractivity contribution in [3.63, 3.8) is 0 Å². The van der Waals surface area contributed by atoms with Crippen LogP contribution in [-0.4, -0.2) is 21.9 Å². The van der Waals surface area contributed by atoms with Crippen molar-refractivity contribution in [3.05, 3.63) is 75.8 Å². The van der Waals surface area contributed by atoms with Crippen molar-refractivity contribution in [2.75, 3.05) is 5.32 Å². The van der Waals surface area contributed by atoms with Gasteiger partial charge in [0.15, 0.2) is 0 Å². The average molecular weight is 396 g/mol. The van der Waals surface area contributed by atoms with Gasteiger partial charge in [0.2, 0.25) is 0 Å². The van der Waals surface area contributed by atoms with Crippen molar-refractivity contribution < 1.29 is 4.79 Å². The summed E-state index contributed by atoms with van der Waals surface area (Å²) >= 11 is 1.60. The normalized spacial score (nSPS) is 17.1. The number of aromatic nitrogens is 2. The first-order chi connectivity index (χ1) is 13.5. The van der Waals surface area contributed by atoms with Crippen LogP contribution in [0.4, 0.5) is 5.69 Å². The molecular weight excluding hydrogens is 370 g/mol. The number of anilines is 1. The smallest absolute Gasteiger partial charge is 0.277 e. The standard InChI is InChI=1S/C22H25N3O2S/c1-4-8-20(17-9-6-5-7-10-17)28-16(3)15(2)24-19-13-23-21-12-11-18(14-26)25(21)22(19)27/h5-10,13-15,18,24H,3-4,11-12H2,1-2H3/b20-8-. The van der Waals surface area contributed by atoms with E-state index in [2.05, 4.69) is 42.0 Å². The molecule has 1 aliphatic heterocycles. The van der Waals surface area contributed by atoms with E-state index in [0.717, 1.165) is 28.1 Å². The number of carbonyl (C=O) groups excluding carboxylic acids is 1. The van der Waals surface area contributed by atoms with Crippen molar-refractivity contribution in [3.8, 4) is 0 Å². The zero-order valence-electron chi connectivity index (χ0n) is 16.2. The first-order valence-corrected chi connectivity index (χ1v) is 10.3. The van der Waals surface area contributed by atoms with Gasteiger partial charge in [-0.05, 0) is 25.3 Å². The molecule has 1 aromatic heterocycles. The fourth-order valence-electron chi connectivity index (χ4n) is 3.21. The van der Waals surface area contributed by atoms with Gasteiger partial charge in [-0.3, -0.25) is 9.36 Å². The third kappa shape index (κ3) is 4.28. The molecule has 0 saturated heterocycles. The molecule has 0 spiro atoms. The lowest BCUT2D eigenvalue weighted by Gasteiger charge is -2.19. The summed E-state index contributed by atoms with van der Waals surface area (Å²) in [5.74, 6) is 0.672. The summed E-state index contributed by atoms with van der Waals surface area (Å²) in [6.07, 6.45) is 6.78. The van der Waals surface area contributed by atoms with Gasteiger partial charge in [0, 0.05) is 16.2 Å². The Labute approximate surface area is 169 Å². The van der Waals surface area contributed by atoms with E-state index in [1.165, 1.54) is 4.57 Å². The van der Waals surface area contributed by atoms with E-state index in [0.29, 0.717) is 24.4 Å². The van der Waals surface area contributed by atoms with E-state index < -0.39 is 6.04 Å². The Balaban J connectivity index is 1.75. The highest BCUT2D eigenvalue weighted by atomic mass is 32.2. The van der Waals surface area contributed by atoms with Gasteiger partial charge in [-0.1, -0.05) is 61.7 Å². The Morgan fingerprint density at radius 2 is 2.18 bits per heavy atom. The second-order valence-electron chi connectivity index (χ2n) is 6.78. The molecule has 0 radical (unpaired) electrons. The zero-order chi connectivity index (χ0) is 20.1. The molecule has 3 rings (SSSR count). The van der Waals surface area contributed by atoms with Gasteiger partial charge in [-0.25, -0.2) is 4.98 Å². The molecule has 2 aromatic rings. The molecule has 0 aliphatic carbocycles. The molecule has 28 heavy (non-hydrogen) atoms. The highest BCUT2D eigenvalue weighted by Crippen LogP contribution is 2.35. The molecule has 146 valence electrons. The lowest BCUT2D eigenvalue weighted by molar-refractivity contribution is -0.110. The van der Waals surface area contributed by atoms with Gasteiger partial charge < -0.3 is 10.1 Å². The lowest BCUT2D eigenvalue weighted by Crippen LogP contribution is -2.30. The third-order valence-electron chi connectivity index (χ3n) is 4.77. The largest absolute Gasteiger partial charge is 0.372 e. The summed E-state index contributed by atoms with van der Waals surface area (Å²) < 4.78 is 1.50. The van der Waals surface area contributed by atoms with E-state index in [4.69, 9.17) is 0 Å². The van der Waals surface area contributed by atoms with E-state index in [9.17, 15) is 9.59 Å². The zero-order valence-corrected chi connectivity index (χ0v) is 17.0. The van der Waals surface area contributed by atoms with Crippen LogP contribution < -0.4 is 10.9 Å². The molecule has 1 aliphatic rings. The van der Waals surface area contributed by atoms with E-state index in [-0.39, 0.29) is 11.6 Å². The minimum atomic E-state index is -0.415. The fraction of sp³-hybridized carbons (Fsp3) is 0.318. The van der Waals surface area contributed by atoms with Crippen LogP contribution in [-0.2, 0) is 11.2 Å². The van der Waals surface area contributed by atoms with Gasteiger partial charge >= 0.3 is 0 Å². The average Bonchev–Trinajstić information content (AvgIpc) is 3.14. The number of carbonyl (C=O) groups is 1. The molecular formula is C22H25N3O2S. The first kappa shape index (κ1) is 20.1. The van der Waals surface area contributed by atoms with Crippen molar-refractivity contribution in [2.45, 2.75) is 45.2 Å². The molecule has 2 atom stereocenters. The first-order valence-electron chi connectivity index (χ1n) is 9.49. The maximum absolute atomic E-state index is 12.8. The number of aryl methyl sites for hydroxylation is 1. The number of benzene rings is 1. The van der Waals surface area contributed by atoms with E-state index >= 15 is 0 Å². The molecule has 0 saturated carbocycles. The molecule has 2 heterocycles. The molecule has 0 bridgehead atoms. The van der Waals surface area contributed by atoms with Crippen LogP contribution >= 0.6 is 11.8 Å². The molecule has 6 heteroatoms. The number of aldehydes is 1. The number of fused-ring (bicyclic) bond motifs is 1. The minimum absolute atomic E-state index is 0.141. The van der Waals surface area contributed by atoms with E-state index in [1.807, 2.05) is 25.1 Å². The SMILES string of the molecule is C=C(S/C(=C\CC)c1ccccc1)C(C)Nc1cnc2n(c1=O)C(C=O)CC2. The summed E-state index contributed by atoms with van der Waals surface area (Å²) in [4.78, 5) is 30.4. The second kappa shape index (κ2) is 9.06. The number of nitrogens with one attached hydrogen (secondary N) is 1. The monoisotopic (exact) mass is 395 g/mol. The Hall–Kier alpha value is -2.60. The van der Waals surface area contributed by atoms with Crippen LogP contribution in [0.2, 0.25) is 0 Å². The third-order valence-corrected chi connectivity index (χ3v) is 6.00. The molecule has 0 amide bonds. The second-order valence-corrected chi connectivity index (χ2v) is 7.95. The molecule has 1 aromatic carbocycles. The maximum Gasteiger partial charge on any atom is 0.277 e. The van der Waals surface area contributed by atoms with Gasteiger partial charge in [0.25, 0.3) is 5.56 Å². The number of rotatable bonds is 8. The predicted octanol–water partition coefficient (Wildman–Crippen LogP) is 4.43. The summed E-state index contributed by atoms with van der Waals surface area (Å²) in [5, 5.41) is 3.22. The Bertz CT molecular complexity index is 950. The summed E-state index contributed by atoms with van der Waals surface area (Å²) in [6.45, 7) is 8.28. The van der Waals surface area contributed by atoms with Gasteiger partial charge in [0.1, 0.15) is 17.8 Å². The number of hydrogen-bond donors (Lipinski definition) is 1. The van der Waals surface area contributed by atoms with Crippen molar-refractivity contribution in [1.82, 2.24) is 9.55 Å². The Morgan fingerprint density at radius 1 is 1.43 bits per heavy atom. The summed E-state index contributed by atoms with van der Waals surface area (Å²) in [7, 11) is 0. The van der Waals surface area contributed by atoms with Gasteiger partial charge in [0.05, 0.1) is 18.3 Å². The lowest BCUT2D eigenvalue weighted by atomic mass is 10.2. The van der Waals surface area contributed by atoms with Crippen LogP contribution in [0.3, 0.4) is 0 Å². The topological polar surface area (TPSA) is 64.0 Å². The molecule has 2 unspecified atom stereocenters. The number of thioether (sulfide) groups is 1. The van der Waals surface area contributed by atoms with Crippen LogP contribution in [0.1, 0.15) is 44.1 Å². The minimum Gasteiger partial charge on any atom is -0.372 e. The molecule has 5 nitrogen and oxygen atoms in total. The number of nitrogens with zero attached hydrogens (tertiary/aromatic N) is 2. The van der Waals surface area contributed by atoms with Gasteiger partial charge in [-0.2, -0.15) is 0 Å². The maximum atomic E-state index is 12.8. The highest BCUT2D eigenvalue weighted by molar-refractivity contribution is 8.11. The molecule has 0 fully saturated rings. The molecule has 1 N–H and O–H groups in total. The van der Waals surface area contributed by atoms with Crippen LogP contribution in [0, 0.1) is 0 Å². The summed E-state index contributed by atoms with van der Waals surface area (Å²) in [6, 6.07) is 9.64.